The Bertz CT molecular complexity index is 883. The Morgan fingerprint density at radius 3 is 2.69 bits per heavy atom. The number of hydrogen-bond donors (Lipinski definition) is 0. The second-order valence-electron chi connectivity index (χ2n) is 6.62. The number of anilines is 1. The van der Waals surface area contributed by atoms with Gasteiger partial charge in [0.1, 0.15) is 6.33 Å². The zero-order chi connectivity index (χ0) is 17.8. The van der Waals surface area contributed by atoms with Gasteiger partial charge in [0.25, 0.3) is 0 Å². The van der Waals surface area contributed by atoms with Crippen molar-refractivity contribution in [1.82, 2.24) is 9.55 Å². The molecule has 0 aliphatic carbocycles. The lowest BCUT2D eigenvalue weighted by Gasteiger charge is -2.28. The van der Waals surface area contributed by atoms with Gasteiger partial charge in [0, 0.05) is 25.2 Å². The molecule has 4 rings (SSSR count). The zero-order valence-corrected chi connectivity index (χ0v) is 14.8. The lowest BCUT2D eigenvalue weighted by molar-refractivity contribution is 0.0905. The van der Waals surface area contributed by atoms with Gasteiger partial charge in [-0.25, -0.2) is 4.98 Å². The molecule has 1 aliphatic rings. The molecule has 134 valence electrons. The van der Waals surface area contributed by atoms with E-state index in [2.05, 4.69) is 34.1 Å². The van der Waals surface area contributed by atoms with Crippen LogP contribution in [-0.2, 0) is 11.2 Å². The summed E-state index contributed by atoms with van der Waals surface area (Å²) in [6.07, 6.45) is 3.93. The van der Waals surface area contributed by atoms with Crippen molar-refractivity contribution in [3.8, 4) is 0 Å². The first-order valence-electron chi connectivity index (χ1n) is 9.18. The summed E-state index contributed by atoms with van der Waals surface area (Å²) >= 11 is 0. The first-order chi connectivity index (χ1) is 12.8. The van der Waals surface area contributed by atoms with E-state index in [9.17, 15) is 4.79 Å². The van der Waals surface area contributed by atoms with Crippen LogP contribution in [0.15, 0.2) is 54.9 Å². The first kappa shape index (κ1) is 16.8. The standard InChI is InChI=1S/C21H23N3O2/c25-21(8-4-7-17-5-2-1-3-6-17)24-16-22-19-15-18(9-10-20(19)24)23-11-13-26-14-12-23/h1-3,5-6,9-10,15-16H,4,7-8,11-14H2. The van der Waals surface area contributed by atoms with Gasteiger partial charge in [-0.2, -0.15) is 0 Å². The van der Waals surface area contributed by atoms with Crippen LogP contribution in [-0.4, -0.2) is 41.8 Å². The van der Waals surface area contributed by atoms with Gasteiger partial charge in [0.15, 0.2) is 0 Å². The molecule has 0 spiro atoms. The summed E-state index contributed by atoms with van der Waals surface area (Å²) in [7, 11) is 0. The molecule has 5 nitrogen and oxygen atoms in total. The Kier molecular flexibility index (Phi) is 4.97. The van der Waals surface area contributed by atoms with Crippen molar-refractivity contribution >= 4 is 22.6 Å². The van der Waals surface area contributed by atoms with Crippen molar-refractivity contribution in [2.24, 2.45) is 0 Å². The maximum Gasteiger partial charge on any atom is 0.232 e. The van der Waals surface area contributed by atoms with Crippen LogP contribution in [0.2, 0.25) is 0 Å². The van der Waals surface area contributed by atoms with Crippen LogP contribution >= 0.6 is 0 Å². The zero-order valence-electron chi connectivity index (χ0n) is 14.8. The van der Waals surface area contributed by atoms with Crippen molar-refractivity contribution in [2.75, 3.05) is 31.2 Å². The molecule has 0 radical (unpaired) electrons. The van der Waals surface area contributed by atoms with E-state index < -0.39 is 0 Å². The molecule has 1 aliphatic heterocycles. The number of rotatable bonds is 5. The Morgan fingerprint density at radius 1 is 1.08 bits per heavy atom. The van der Waals surface area contributed by atoms with Crippen LogP contribution in [0.5, 0.6) is 0 Å². The highest BCUT2D eigenvalue weighted by Gasteiger charge is 2.14. The smallest absolute Gasteiger partial charge is 0.232 e. The van der Waals surface area contributed by atoms with E-state index in [0.29, 0.717) is 6.42 Å². The number of carbonyl (C=O) groups is 1. The molecule has 1 fully saturated rings. The minimum absolute atomic E-state index is 0.0996. The van der Waals surface area contributed by atoms with E-state index in [1.165, 1.54) is 5.56 Å². The number of benzene rings is 2. The normalized spacial score (nSPS) is 14.7. The van der Waals surface area contributed by atoms with E-state index in [-0.39, 0.29) is 5.91 Å². The van der Waals surface area contributed by atoms with Crippen molar-refractivity contribution in [1.29, 1.82) is 0 Å². The summed E-state index contributed by atoms with van der Waals surface area (Å²) < 4.78 is 7.09. The van der Waals surface area contributed by atoms with Crippen molar-refractivity contribution in [3.05, 3.63) is 60.4 Å². The highest BCUT2D eigenvalue weighted by Crippen LogP contribution is 2.22. The average molecular weight is 349 g/mol. The van der Waals surface area contributed by atoms with Crippen LogP contribution in [0.25, 0.3) is 11.0 Å². The maximum absolute atomic E-state index is 12.6. The number of nitrogens with zero attached hydrogens (tertiary/aromatic N) is 3. The Labute approximate surface area is 153 Å². The van der Waals surface area contributed by atoms with Crippen molar-refractivity contribution < 1.29 is 9.53 Å². The number of aryl methyl sites for hydroxylation is 1. The lowest BCUT2D eigenvalue weighted by atomic mass is 10.1. The van der Waals surface area contributed by atoms with Crippen molar-refractivity contribution in [3.63, 3.8) is 0 Å². The summed E-state index contributed by atoms with van der Waals surface area (Å²) in [4.78, 5) is 19.3. The van der Waals surface area contributed by atoms with Crippen LogP contribution in [0, 0.1) is 0 Å². The van der Waals surface area contributed by atoms with Gasteiger partial charge in [0.05, 0.1) is 24.2 Å². The Hall–Kier alpha value is -2.66. The molecule has 0 amide bonds. The maximum atomic E-state index is 12.6. The summed E-state index contributed by atoms with van der Waals surface area (Å²) in [6.45, 7) is 3.30. The molecule has 1 aromatic heterocycles. The number of hydrogen-bond acceptors (Lipinski definition) is 4. The second-order valence-corrected chi connectivity index (χ2v) is 6.62. The molecule has 26 heavy (non-hydrogen) atoms. The molecule has 0 unspecified atom stereocenters. The molecule has 5 heteroatoms. The third-order valence-corrected chi connectivity index (χ3v) is 4.87. The van der Waals surface area contributed by atoms with Gasteiger partial charge in [-0.3, -0.25) is 9.36 Å². The number of fused-ring (bicyclic) bond motifs is 1. The lowest BCUT2D eigenvalue weighted by Crippen LogP contribution is -2.36. The molecule has 2 heterocycles. The molecular weight excluding hydrogens is 326 g/mol. The fraction of sp³-hybridized carbons (Fsp3) is 0.333. The van der Waals surface area contributed by atoms with Gasteiger partial charge < -0.3 is 9.64 Å². The predicted molar refractivity (Wildman–Crippen MR) is 103 cm³/mol. The van der Waals surface area contributed by atoms with E-state index in [1.54, 1.807) is 10.9 Å². The third-order valence-electron chi connectivity index (χ3n) is 4.87. The van der Waals surface area contributed by atoms with Gasteiger partial charge in [0.2, 0.25) is 5.91 Å². The fourth-order valence-corrected chi connectivity index (χ4v) is 3.43. The molecule has 0 saturated carbocycles. The highest BCUT2D eigenvalue weighted by molar-refractivity contribution is 5.91. The van der Waals surface area contributed by atoms with Gasteiger partial charge in [-0.15, -0.1) is 0 Å². The van der Waals surface area contributed by atoms with Crippen molar-refractivity contribution in [2.45, 2.75) is 19.3 Å². The number of carbonyl (C=O) groups excluding carboxylic acids is 1. The molecule has 2 aromatic carbocycles. The summed E-state index contributed by atoms with van der Waals surface area (Å²) in [5, 5.41) is 0. The SMILES string of the molecule is O=C(CCCc1ccccc1)n1cnc2cc(N3CCOCC3)ccc21. The molecule has 0 N–H and O–H groups in total. The average Bonchev–Trinajstić information content (AvgIpc) is 3.13. The fourth-order valence-electron chi connectivity index (χ4n) is 3.43. The minimum Gasteiger partial charge on any atom is -0.378 e. The predicted octanol–water partition coefficient (Wildman–Crippen LogP) is 3.54. The highest BCUT2D eigenvalue weighted by atomic mass is 16.5. The Balaban J connectivity index is 1.43. The van der Waals surface area contributed by atoms with Gasteiger partial charge in [-0.05, 0) is 36.6 Å². The number of morpholine rings is 1. The topological polar surface area (TPSA) is 47.4 Å². The monoisotopic (exact) mass is 349 g/mol. The third kappa shape index (κ3) is 3.63. The molecule has 1 saturated heterocycles. The molecule has 0 atom stereocenters. The summed E-state index contributed by atoms with van der Waals surface area (Å²) in [5.41, 5.74) is 4.16. The minimum atomic E-state index is 0.0996. The molecule has 0 bridgehead atoms. The second kappa shape index (κ2) is 7.70. The van der Waals surface area contributed by atoms with E-state index in [1.807, 2.05) is 24.3 Å². The number of ether oxygens (including phenoxy) is 1. The van der Waals surface area contributed by atoms with Crippen LogP contribution in [0.4, 0.5) is 5.69 Å². The van der Waals surface area contributed by atoms with E-state index >= 15 is 0 Å². The number of aromatic nitrogens is 2. The van der Waals surface area contributed by atoms with Crippen LogP contribution < -0.4 is 4.90 Å². The molecular formula is C21H23N3O2. The Morgan fingerprint density at radius 2 is 1.88 bits per heavy atom. The van der Waals surface area contributed by atoms with Gasteiger partial charge >= 0.3 is 0 Å². The summed E-state index contributed by atoms with van der Waals surface area (Å²) in [5.74, 6) is 0.0996. The summed E-state index contributed by atoms with van der Waals surface area (Å²) in [6, 6.07) is 16.4. The first-order valence-corrected chi connectivity index (χ1v) is 9.18. The molecule has 3 aromatic rings. The van der Waals surface area contributed by atoms with Gasteiger partial charge in [-0.1, -0.05) is 30.3 Å². The van der Waals surface area contributed by atoms with Crippen LogP contribution in [0.1, 0.15) is 23.2 Å². The van der Waals surface area contributed by atoms with Crippen LogP contribution in [0.3, 0.4) is 0 Å². The quantitative estimate of drug-likeness (QED) is 0.707. The number of imidazole rings is 1. The largest absolute Gasteiger partial charge is 0.378 e. The van der Waals surface area contributed by atoms with E-state index in [0.717, 1.165) is 55.9 Å². The van der Waals surface area contributed by atoms with E-state index in [4.69, 9.17) is 4.74 Å².